The second-order valence-electron chi connectivity index (χ2n) is 4.99. The first-order chi connectivity index (χ1) is 8.18. The van der Waals surface area contributed by atoms with Gasteiger partial charge in [0, 0.05) is 16.7 Å². The Morgan fingerprint density at radius 2 is 2.35 bits per heavy atom. The van der Waals surface area contributed by atoms with E-state index in [1.807, 2.05) is 17.5 Å². The first kappa shape index (κ1) is 11.1. The molecular weight excluding hydrogens is 236 g/mol. The number of fused-ring (bicyclic) bond motifs is 2. The van der Waals surface area contributed by atoms with Gasteiger partial charge in [-0.25, -0.2) is 0 Å². The van der Waals surface area contributed by atoms with E-state index in [0.717, 1.165) is 24.0 Å². The van der Waals surface area contributed by atoms with Crippen LogP contribution in [-0.2, 0) is 9.59 Å². The van der Waals surface area contributed by atoms with Crippen LogP contribution in [0.5, 0.6) is 0 Å². The lowest BCUT2D eigenvalue weighted by Gasteiger charge is -2.27. The van der Waals surface area contributed by atoms with Gasteiger partial charge in [-0.05, 0) is 30.7 Å². The normalized spacial score (nSPS) is 40.5. The van der Waals surface area contributed by atoms with Gasteiger partial charge < -0.3 is 9.90 Å². The molecule has 1 aromatic heterocycles. The number of aliphatic hydroxyl groups is 1. The molecule has 4 heteroatoms. The molecule has 90 valence electrons. The highest BCUT2D eigenvalue weighted by atomic mass is 32.1. The van der Waals surface area contributed by atoms with Gasteiger partial charge in [0.2, 0.25) is 0 Å². The fourth-order valence-electron chi connectivity index (χ4n) is 3.44. The minimum atomic E-state index is -1.39. The maximum absolute atomic E-state index is 12.2. The SMILES string of the molecule is O=C[C@@H]1[C@@H](c2cccs2)[C@@H]2CCC[C@@]1(O)C2=O. The van der Waals surface area contributed by atoms with Crippen molar-refractivity contribution in [1.29, 1.82) is 0 Å². The molecule has 4 atom stereocenters. The molecule has 17 heavy (non-hydrogen) atoms. The van der Waals surface area contributed by atoms with Crippen molar-refractivity contribution in [3.63, 3.8) is 0 Å². The second kappa shape index (κ2) is 3.75. The summed E-state index contributed by atoms with van der Waals surface area (Å²) in [4.78, 5) is 24.5. The lowest BCUT2D eigenvalue weighted by molar-refractivity contribution is -0.145. The minimum absolute atomic E-state index is 0.104. The monoisotopic (exact) mass is 250 g/mol. The number of carbonyl (C=O) groups excluding carboxylic acids is 2. The van der Waals surface area contributed by atoms with Crippen LogP contribution in [0, 0.1) is 11.8 Å². The summed E-state index contributed by atoms with van der Waals surface area (Å²) in [7, 11) is 0. The Kier molecular flexibility index (Phi) is 2.45. The molecule has 3 nitrogen and oxygen atoms in total. The molecule has 0 unspecified atom stereocenters. The summed E-state index contributed by atoms with van der Waals surface area (Å²) in [5.74, 6) is -0.935. The molecule has 0 spiro atoms. The Morgan fingerprint density at radius 3 is 3.00 bits per heavy atom. The van der Waals surface area contributed by atoms with E-state index in [1.165, 1.54) is 0 Å². The van der Waals surface area contributed by atoms with Gasteiger partial charge in [-0.2, -0.15) is 0 Å². The highest BCUT2D eigenvalue weighted by Gasteiger charge is 2.61. The number of carbonyl (C=O) groups is 2. The first-order valence-corrected chi connectivity index (χ1v) is 6.82. The van der Waals surface area contributed by atoms with Crippen LogP contribution in [0.2, 0.25) is 0 Å². The molecule has 2 aliphatic carbocycles. The predicted octanol–water partition coefficient (Wildman–Crippen LogP) is 1.76. The van der Waals surface area contributed by atoms with Gasteiger partial charge in [0.05, 0.1) is 5.92 Å². The van der Waals surface area contributed by atoms with E-state index in [0.29, 0.717) is 6.42 Å². The predicted molar refractivity (Wildman–Crippen MR) is 63.9 cm³/mol. The van der Waals surface area contributed by atoms with Gasteiger partial charge in [0.15, 0.2) is 5.78 Å². The van der Waals surface area contributed by atoms with Crippen molar-refractivity contribution in [2.24, 2.45) is 11.8 Å². The van der Waals surface area contributed by atoms with E-state index < -0.39 is 11.5 Å². The Hall–Kier alpha value is -1.00. The third kappa shape index (κ3) is 1.37. The number of aldehydes is 1. The smallest absolute Gasteiger partial charge is 0.168 e. The van der Waals surface area contributed by atoms with Crippen LogP contribution in [0.3, 0.4) is 0 Å². The van der Waals surface area contributed by atoms with E-state index in [1.54, 1.807) is 11.3 Å². The van der Waals surface area contributed by atoms with Crippen molar-refractivity contribution < 1.29 is 14.7 Å². The Labute approximate surface area is 103 Å². The number of hydrogen-bond donors (Lipinski definition) is 1. The fourth-order valence-corrected chi connectivity index (χ4v) is 4.38. The van der Waals surface area contributed by atoms with Crippen LogP contribution in [0.1, 0.15) is 30.1 Å². The molecule has 2 aliphatic rings. The van der Waals surface area contributed by atoms with Gasteiger partial charge in [-0.1, -0.05) is 6.07 Å². The average molecular weight is 250 g/mol. The summed E-state index contributed by atoms with van der Waals surface area (Å²) >= 11 is 1.57. The number of hydrogen-bond acceptors (Lipinski definition) is 4. The number of thiophene rings is 1. The van der Waals surface area contributed by atoms with Crippen LogP contribution in [0.4, 0.5) is 0 Å². The number of rotatable bonds is 2. The third-order valence-corrected chi connectivity index (χ3v) is 5.20. The fraction of sp³-hybridized carbons (Fsp3) is 0.538. The zero-order valence-corrected chi connectivity index (χ0v) is 10.2. The number of Topliss-reactive ketones (excluding diaryl/α,β-unsaturated/α-hetero) is 1. The van der Waals surface area contributed by atoms with Crippen molar-refractivity contribution in [3.8, 4) is 0 Å². The summed E-state index contributed by atoms with van der Waals surface area (Å²) in [6.07, 6.45) is 2.86. The van der Waals surface area contributed by atoms with Gasteiger partial charge in [-0.15, -0.1) is 11.3 Å². The quantitative estimate of drug-likeness (QED) is 0.814. The van der Waals surface area contributed by atoms with Crippen LogP contribution in [-0.4, -0.2) is 22.8 Å². The van der Waals surface area contributed by atoms with Crippen LogP contribution in [0.25, 0.3) is 0 Å². The molecular formula is C13H14O3S. The maximum Gasteiger partial charge on any atom is 0.168 e. The Bertz CT molecular complexity index is 453. The van der Waals surface area contributed by atoms with Crippen molar-refractivity contribution in [2.45, 2.75) is 30.8 Å². The van der Waals surface area contributed by atoms with E-state index in [9.17, 15) is 14.7 Å². The Morgan fingerprint density at radius 1 is 1.53 bits per heavy atom. The van der Waals surface area contributed by atoms with E-state index in [2.05, 4.69) is 0 Å². The molecule has 1 heterocycles. The minimum Gasteiger partial charge on any atom is -0.381 e. The lowest BCUT2D eigenvalue weighted by Crippen LogP contribution is -2.44. The first-order valence-electron chi connectivity index (χ1n) is 5.94. The van der Waals surface area contributed by atoms with Crippen LogP contribution < -0.4 is 0 Å². The molecule has 2 bridgehead atoms. The van der Waals surface area contributed by atoms with Gasteiger partial charge in [0.1, 0.15) is 11.9 Å². The summed E-state index contributed by atoms with van der Waals surface area (Å²) < 4.78 is 0. The van der Waals surface area contributed by atoms with Crippen LogP contribution >= 0.6 is 11.3 Å². The van der Waals surface area contributed by atoms with Gasteiger partial charge in [0.25, 0.3) is 0 Å². The molecule has 0 radical (unpaired) electrons. The number of ketones is 1. The second-order valence-corrected chi connectivity index (χ2v) is 5.97. The average Bonchev–Trinajstić information content (AvgIpc) is 2.85. The van der Waals surface area contributed by atoms with Crippen molar-refractivity contribution in [3.05, 3.63) is 22.4 Å². The molecule has 0 aliphatic heterocycles. The summed E-state index contributed by atoms with van der Waals surface area (Å²) in [6.45, 7) is 0. The van der Waals surface area contributed by atoms with E-state index >= 15 is 0 Å². The maximum atomic E-state index is 12.2. The summed E-state index contributed by atoms with van der Waals surface area (Å²) in [6, 6.07) is 3.89. The van der Waals surface area contributed by atoms with E-state index in [4.69, 9.17) is 0 Å². The highest BCUT2D eigenvalue weighted by molar-refractivity contribution is 7.10. The molecule has 1 N–H and O–H groups in total. The molecule has 2 fully saturated rings. The van der Waals surface area contributed by atoms with Crippen LogP contribution in [0.15, 0.2) is 17.5 Å². The zero-order valence-electron chi connectivity index (χ0n) is 9.33. The van der Waals surface area contributed by atoms with E-state index in [-0.39, 0.29) is 17.6 Å². The van der Waals surface area contributed by atoms with Crippen molar-refractivity contribution in [1.82, 2.24) is 0 Å². The molecule has 2 saturated carbocycles. The van der Waals surface area contributed by atoms with Crippen molar-refractivity contribution >= 4 is 23.4 Å². The summed E-state index contributed by atoms with van der Waals surface area (Å²) in [5, 5.41) is 12.4. The van der Waals surface area contributed by atoms with Gasteiger partial charge in [-0.3, -0.25) is 4.79 Å². The standard InChI is InChI=1S/C13H14O3S/c14-7-9-11(10-4-2-6-17-10)8-3-1-5-13(9,16)12(8)15/h2,4,6-9,11,16H,1,3,5H2/t8-,9+,11-,13-/m0/s1. The molecule has 0 amide bonds. The summed E-state index contributed by atoms with van der Waals surface area (Å²) in [5.41, 5.74) is -1.39. The highest BCUT2D eigenvalue weighted by Crippen LogP contribution is 2.54. The van der Waals surface area contributed by atoms with Gasteiger partial charge >= 0.3 is 0 Å². The largest absolute Gasteiger partial charge is 0.381 e. The molecule has 1 aromatic rings. The molecule has 0 aromatic carbocycles. The third-order valence-electron chi connectivity index (χ3n) is 4.23. The lowest BCUT2D eigenvalue weighted by atomic mass is 9.82. The van der Waals surface area contributed by atoms with Crippen molar-refractivity contribution in [2.75, 3.05) is 0 Å². The Balaban J connectivity index is 2.09. The molecule has 3 rings (SSSR count). The zero-order chi connectivity index (χ0) is 12.0. The topological polar surface area (TPSA) is 54.4 Å². The molecule has 0 saturated heterocycles.